The van der Waals surface area contributed by atoms with E-state index in [9.17, 15) is 0 Å². The quantitative estimate of drug-likeness (QED) is 0.557. The van der Waals surface area contributed by atoms with Crippen molar-refractivity contribution in [3.63, 3.8) is 0 Å². The zero-order chi connectivity index (χ0) is 10.0. The van der Waals surface area contributed by atoms with Gasteiger partial charge in [-0.25, -0.2) is 0 Å². The molecule has 4 aliphatic rings. The molecule has 3 nitrogen and oxygen atoms in total. The van der Waals surface area contributed by atoms with Crippen molar-refractivity contribution in [2.45, 2.75) is 25.0 Å². The first-order valence-electron chi connectivity index (χ1n) is 5.98. The van der Waals surface area contributed by atoms with Gasteiger partial charge in [-0.05, 0) is 18.8 Å². The molecule has 0 unspecified atom stereocenters. The summed E-state index contributed by atoms with van der Waals surface area (Å²) in [5, 5.41) is 2.07. The summed E-state index contributed by atoms with van der Waals surface area (Å²) in [7, 11) is 2.07. The summed E-state index contributed by atoms with van der Waals surface area (Å²) >= 11 is 0. The van der Waals surface area contributed by atoms with Crippen molar-refractivity contribution in [2.24, 2.45) is 17.3 Å². The molecule has 3 heteroatoms. The molecule has 2 heterocycles. The Bertz CT molecular complexity index is 330. The summed E-state index contributed by atoms with van der Waals surface area (Å²) in [6, 6.07) is 0.483. The molecule has 2 aliphatic carbocycles. The van der Waals surface area contributed by atoms with Crippen LogP contribution in [0.4, 0.5) is 0 Å². The molecule has 0 aromatic rings. The average Bonchev–Trinajstić information content (AvgIpc) is 2.88. The van der Waals surface area contributed by atoms with E-state index in [0.29, 0.717) is 23.5 Å². The van der Waals surface area contributed by atoms with Gasteiger partial charge in [0.2, 0.25) is 0 Å². The standard InChI is InChI=1S/C12H17NO2/c1-13-10-7-14-5-4-12(10)9-3-2-8(6-9)11(12)15-13/h2-3,8-11H,4-7H2,1H3/t8-,9+,10+,11+,12+/m1/s1. The first-order valence-corrected chi connectivity index (χ1v) is 5.98. The molecule has 0 radical (unpaired) electrons. The molecule has 82 valence electrons. The van der Waals surface area contributed by atoms with Crippen molar-refractivity contribution in [3.8, 4) is 0 Å². The minimum Gasteiger partial charge on any atom is -0.380 e. The molecular formula is C12H17NO2. The van der Waals surface area contributed by atoms with E-state index in [4.69, 9.17) is 9.57 Å². The van der Waals surface area contributed by atoms with Gasteiger partial charge < -0.3 is 4.74 Å². The molecule has 2 bridgehead atoms. The van der Waals surface area contributed by atoms with E-state index >= 15 is 0 Å². The molecule has 0 N–H and O–H groups in total. The van der Waals surface area contributed by atoms with Gasteiger partial charge in [0.05, 0.1) is 18.8 Å². The van der Waals surface area contributed by atoms with Crippen LogP contribution in [-0.4, -0.2) is 37.5 Å². The van der Waals surface area contributed by atoms with Crippen LogP contribution in [-0.2, 0) is 9.57 Å². The van der Waals surface area contributed by atoms with Crippen LogP contribution in [0.3, 0.4) is 0 Å². The zero-order valence-corrected chi connectivity index (χ0v) is 9.06. The van der Waals surface area contributed by atoms with Gasteiger partial charge in [0, 0.05) is 25.0 Å². The average molecular weight is 207 g/mol. The molecule has 1 spiro atoms. The fraction of sp³-hybridized carbons (Fsp3) is 0.833. The summed E-state index contributed by atoms with van der Waals surface area (Å²) in [4.78, 5) is 6.06. The van der Waals surface area contributed by atoms with Crippen molar-refractivity contribution >= 4 is 0 Å². The number of nitrogens with zero attached hydrogens (tertiary/aromatic N) is 1. The SMILES string of the molecule is CN1O[C@H]2[C@@H]3C=C[C@@H](C3)[C@]23CCOC[C@H]13. The molecule has 3 fully saturated rings. The van der Waals surface area contributed by atoms with Crippen LogP contribution < -0.4 is 0 Å². The fourth-order valence-electron chi connectivity index (χ4n) is 4.36. The number of hydrogen-bond acceptors (Lipinski definition) is 3. The Morgan fingerprint density at radius 3 is 3.27 bits per heavy atom. The second-order valence-electron chi connectivity index (χ2n) is 5.42. The summed E-state index contributed by atoms with van der Waals surface area (Å²) < 4.78 is 5.62. The molecule has 0 amide bonds. The largest absolute Gasteiger partial charge is 0.380 e. The van der Waals surface area contributed by atoms with Crippen molar-refractivity contribution in [1.29, 1.82) is 0 Å². The normalized spacial score (nSPS) is 57.1. The third-order valence-corrected chi connectivity index (χ3v) is 5.02. The van der Waals surface area contributed by atoms with Gasteiger partial charge >= 0.3 is 0 Å². The smallest absolute Gasteiger partial charge is 0.0935 e. The van der Waals surface area contributed by atoms with Crippen LogP contribution in [0.25, 0.3) is 0 Å². The topological polar surface area (TPSA) is 21.7 Å². The third kappa shape index (κ3) is 0.846. The van der Waals surface area contributed by atoms with E-state index in [2.05, 4.69) is 24.3 Å². The highest BCUT2D eigenvalue weighted by molar-refractivity contribution is 5.25. The predicted octanol–water partition coefficient (Wildman–Crippen LogP) is 1.21. The molecule has 0 aromatic heterocycles. The summed E-state index contributed by atoms with van der Waals surface area (Å²) in [5.41, 5.74) is 0.381. The maximum Gasteiger partial charge on any atom is 0.0935 e. The van der Waals surface area contributed by atoms with E-state index in [0.717, 1.165) is 19.1 Å². The van der Waals surface area contributed by atoms with Crippen molar-refractivity contribution in [1.82, 2.24) is 5.06 Å². The minimum atomic E-state index is 0.381. The summed E-state index contributed by atoms with van der Waals surface area (Å²) in [5.74, 6) is 1.41. The van der Waals surface area contributed by atoms with E-state index in [1.54, 1.807) is 0 Å². The van der Waals surface area contributed by atoms with Crippen molar-refractivity contribution in [3.05, 3.63) is 12.2 Å². The van der Waals surface area contributed by atoms with Crippen LogP contribution in [0.2, 0.25) is 0 Å². The Kier molecular flexibility index (Phi) is 1.54. The van der Waals surface area contributed by atoms with Gasteiger partial charge in [0.15, 0.2) is 0 Å². The first kappa shape index (κ1) is 8.74. The maximum atomic E-state index is 6.06. The van der Waals surface area contributed by atoms with Gasteiger partial charge in [-0.1, -0.05) is 12.2 Å². The van der Waals surface area contributed by atoms with Crippen molar-refractivity contribution in [2.75, 3.05) is 20.3 Å². The lowest BCUT2D eigenvalue weighted by Gasteiger charge is -2.42. The van der Waals surface area contributed by atoms with Crippen molar-refractivity contribution < 1.29 is 9.57 Å². The molecule has 0 aromatic carbocycles. The second kappa shape index (κ2) is 2.65. The van der Waals surface area contributed by atoms with E-state index in [-0.39, 0.29) is 0 Å². The Hall–Kier alpha value is -0.380. The number of allylic oxidation sites excluding steroid dienone is 1. The van der Waals surface area contributed by atoms with Gasteiger partial charge in [0.1, 0.15) is 0 Å². The summed E-state index contributed by atoms with van der Waals surface area (Å²) in [6.45, 7) is 1.77. The summed E-state index contributed by atoms with van der Waals surface area (Å²) in [6.07, 6.45) is 7.73. The predicted molar refractivity (Wildman–Crippen MR) is 55.0 cm³/mol. The molecule has 2 aliphatic heterocycles. The van der Waals surface area contributed by atoms with Gasteiger partial charge in [-0.2, -0.15) is 5.06 Å². The molecule has 5 atom stereocenters. The maximum absolute atomic E-state index is 6.06. The number of hydrogen-bond donors (Lipinski definition) is 0. The fourth-order valence-corrected chi connectivity index (χ4v) is 4.36. The number of rotatable bonds is 0. The molecule has 15 heavy (non-hydrogen) atoms. The molecule has 4 rings (SSSR count). The Balaban J connectivity index is 1.82. The Morgan fingerprint density at radius 1 is 1.40 bits per heavy atom. The van der Waals surface area contributed by atoms with Gasteiger partial charge in [-0.3, -0.25) is 4.84 Å². The number of ether oxygens (including phenoxy) is 1. The Morgan fingerprint density at radius 2 is 2.33 bits per heavy atom. The van der Waals surface area contributed by atoms with Crippen LogP contribution >= 0.6 is 0 Å². The third-order valence-electron chi connectivity index (χ3n) is 5.02. The highest BCUT2D eigenvalue weighted by Crippen LogP contribution is 2.62. The van der Waals surface area contributed by atoms with Gasteiger partial charge in [-0.15, -0.1) is 0 Å². The molecule has 2 saturated heterocycles. The number of hydroxylamine groups is 2. The van der Waals surface area contributed by atoms with E-state index in [1.165, 1.54) is 12.8 Å². The number of fused-ring (bicyclic) bond motifs is 3. The Labute approximate surface area is 90.0 Å². The molecular weight excluding hydrogens is 190 g/mol. The number of likely N-dealkylation sites (N-methyl/N-ethyl adjacent to an activating group) is 1. The monoisotopic (exact) mass is 207 g/mol. The van der Waals surface area contributed by atoms with Crippen LogP contribution in [0, 0.1) is 17.3 Å². The van der Waals surface area contributed by atoms with Crippen LogP contribution in [0.1, 0.15) is 12.8 Å². The van der Waals surface area contributed by atoms with Gasteiger partial charge in [0.25, 0.3) is 0 Å². The highest BCUT2D eigenvalue weighted by Gasteiger charge is 2.66. The molecule has 1 saturated carbocycles. The second-order valence-corrected chi connectivity index (χ2v) is 5.42. The van der Waals surface area contributed by atoms with E-state index in [1.807, 2.05) is 0 Å². The van der Waals surface area contributed by atoms with Crippen LogP contribution in [0.15, 0.2) is 12.2 Å². The first-order chi connectivity index (χ1) is 7.32. The zero-order valence-electron chi connectivity index (χ0n) is 9.06. The van der Waals surface area contributed by atoms with Crippen LogP contribution in [0.5, 0.6) is 0 Å². The minimum absolute atomic E-state index is 0.381. The lowest BCUT2D eigenvalue weighted by molar-refractivity contribution is -0.157. The van der Waals surface area contributed by atoms with E-state index < -0.39 is 0 Å². The highest BCUT2D eigenvalue weighted by atomic mass is 16.7. The lowest BCUT2D eigenvalue weighted by Crippen LogP contribution is -2.51. The lowest BCUT2D eigenvalue weighted by atomic mass is 9.66.